The maximum absolute atomic E-state index is 9.44. The smallest absolute Gasteiger partial charge is 0.118 e. The van der Waals surface area contributed by atoms with Gasteiger partial charge in [0, 0.05) is 29.7 Å². The molecule has 3 heteroatoms. The third-order valence-electron chi connectivity index (χ3n) is 4.38. The molecule has 3 nitrogen and oxygen atoms in total. The molecule has 21 heavy (non-hydrogen) atoms. The van der Waals surface area contributed by atoms with E-state index in [1.54, 1.807) is 7.11 Å². The average Bonchev–Trinajstić information content (AvgIpc) is 2.96. The Kier molecular flexibility index (Phi) is 4.23. The Balaban J connectivity index is 1.82. The number of hydrogen-bond donors (Lipinski definition) is 2. The van der Waals surface area contributed by atoms with Gasteiger partial charge in [0.05, 0.1) is 7.11 Å². The summed E-state index contributed by atoms with van der Waals surface area (Å²) in [5, 5.41) is 9.44. The fourth-order valence-electron chi connectivity index (χ4n) is 3.27. The molecule has 0 saturated carbocycles. The van der Waals surface area contributed by atoms with Gasteiger partial charge in [0.15, 0.2) is 0 Å². The van der Waals surface area contributed by atoms with Crippen LogP contribution in [0.2, 0.25) is 0 Å². The molecule has 2 aromatic rings. The van der Waals surface area contributed by atoms with Crippen molar-refractivity contribution in [2.75, 3.05) is 13.7 Å². The number of nitrogens with one attached hydrogen (secondary N) is 1. The topological polar surface area (TPSA) is 33.9 Å². The molecular formula is C18H22NO2+. The highest BCUT2D eigenvalue weighted by Gasteiger charge is 2.30. The standard InChI is InChI=1S/C18H21NO2/c1-21-17-8-6-14(7-9-17)18(10-11-20)19-12-15-4-2-3-5-16(15)13-19/h2-9,18,20H,10-13H2,1H3/p+1/t18-/m1/s1. The number of quaternary nitrogens is 1. The lowest BCUT2D eigenvalue weighted by molar-refractivity contribution is -0.952. The molecule has 0 radical (unpaired) electrons. The normalized spacial score (nSPS) is 15.7. The van der Waals surface area contributed by atoms with Crippen molar-refractivity contribution in [2.24, 2.45) is 0 Å². The van der Waals surface area contributed by atoms with Crippen molar-refractivity contribution in [3.8, 4) is 5.75 Å². The number of aliphatic hydroxyl groups is 1. The van der Waals surface area contributed by atoms with Gasteiger partial charge in [0.2, 0.25) is 0 Å². The summed E-state index contributed by atoms with van der Waals surface area (Å²) in [6.07, 6.45) is 0.787. The highest BCUT2D eigenvalue weighted by molar-refractivity contribution is 5.30. The molecule has 1 aliphatic rings. The van der Waals surface area contributed by atoms with Crippen LogP contribution in [0.5, 0.6) is 5.75 Å². The molecular weight excluding hydrogens is 262 g/mol. The fourth-order valence-corrected chi connectivity index (χ4v) is 3.27. The Morgan fingerprint density at radius 1 is 1.05 bits per heavy atom. The van der Waals surface area contributed by atoms with E-state index in [2.05, 4.69) is 36.4 Å². The molecule has 0 saturated heterocycles. The van der Waals surface area contributed by atoms with Gasteiger partial charge in [-0.1, -0.05) is 24.3 Å². The predicted molar refractivity (Wildman–Crippen MR) is 82.3 cm³/mol. The van der Waals surface area contributed by atoms with Gasteiger partial charge in [-0.15, -0.1) is 0 Å². The van der Waals surface area contributed by atoms with Gasteiger partial charge < -0.3 is 14.7 Å². The first-order valence-corrected chi connectivity index (χ1v) is 7.48. The van der Waals surface area contributed by atoms with Crippen molar-refractivity contribution >= 4 is 0 Å². The Morgan fingerprint density at radius 2 is 1.67 bits per heavy atom. The summed E-state index contributed by atoms with van der Waals surface area (Å²) in [6, 6.07) is 17.2. The Labute approximate surface area is 125 Å². The van der Waals surface area contributed by atoms with Gasteiger partial charge in [0.1, 0.15) is 24.9 Å². The molecule has 0 bridgehead atoms. The van der Waals surface area contributed by atoms with Crippen LogP contribution in [0.3, 0.4) is 0 Å². The summed E-state index contributed by atoms with van der Waals surface area (Å²) in [5.74, 6) is 0.876. The van der Waals surface area contributed by atoms with Crippen molar-refractivity contribution in [1.29, 1.82) is 0 Å². The van der Waals surface area contributed by atoms with E-state index in [-0.39, 0.29) is 6.61 Å². The predicted octanol–water partition coefficient (Wildman–Crippen LogP) is 1.72. The molecule has 2 aromatic carbocycles. The summed E-state index contributed by atoms with van der Waals surface area (Å²) in [6.45, 7) is 2.29. The van der Waals surface area contributed by atoms with Crippen molar-refractivity contribution in [1.82, 2.24) is 0 Å². The zero-order chi connectivity index (χ0) is 14.7. The first-order valence-electron chi connectivity index (χ1n) is 7.48. The van der Waals surface area contributed by atoms with Crippen LogP contribution in [0, 0.1) is 0 Å². The minimum absolute atomic E-state index is 0.219. The summed E-state index contributed by atoms with van der Waals surface area (Å²) >= 11 is 0. The highest BCUT2D eigenvalue weighted by Crippen LogP contribution is 2.21. The third-order valence-corrected chi connectivity index (χ3v) is 4.38. The van der Waals surface area contributed by atoms with Gasteiger partial charge in [-0.3, -0.25) is 0 Å². The maximum atomic E-state index is 9.44. The molecule has 1 heterocycles. The third kappa shape index (κ3) is 2.94. The van der Waals surface area contributed by atoms with E-state index >= 15 is 0 Å². The van der Waals surface area contributed by atoms with E-state index in [4.69, 9.17) is 4.74 Å². The van der Waals surface area contributed by atoms with Crippen LogP contribution in [0.1, 0.15) is 29.2 Å². The molecule has 0 fully saturated rings. The summed E-state index contributed by atoms with van der Waals surface area (Å²) < 4.78 is 5.23. The lowest BCUT2D eigenvalue weighted by Crippen LogP contribution is -3.08. The Morgan fingerprint density at radius 3 is 2.19 bits per heavy atom. The van der Waals surface area contributed by atoms with E-state index in [0.717, 1.165) is 25.3 Å². The molecule has 1 atom stereocenters. The molecule has 0 aromatic heterocycles. The van der Waals surface area contributed by atoms with Crippen LogP contribution >= 0.6 is 0 Å². The Bertz CT molecular complexity index is 569. The maximum Gasteiger partial charge on any atom is 0.118 e. The number of rotatable bonds is 5. The van der Waals surface area contributed by atoms with Crippen LogP contribution in [0.4, 0.5) is 0 Å². The summed E-state index contributed by atoms with van der Waals surface area (Å²) in [4.78, 5) is 1.51. The van der Waals surface area contributed by atoms with Crippen LogP contribution in [0.15, 0.2) is 48.5 Å². The Hall–Kier alpha value is -1.84. The summed E-state index contributed by atoms with van der Waals surface area (Å²) in [5.41, 5.74) is 4.14. The number of ether oxygens (including phenoxy) is 1. The SMILES string of the molecule is COc1ccc([C@@H](CCO)[NH+]2Cc3ccccc3C2)cc1. The zero-order valence-electron chi connectivity index (χ0n) is 12.4. The van der Waals surface area contributed by atoms with E-state index < -0.39 is 0 Å². The van der Waals surface area contributed by atoms with Gasteiger partial charge >= 0.3 is 0 Å². The second-order valence-corrected chi connectivity index (χ2v) is 5.62. The fraction of sp³-hybridized carbons (Fsp3) is 0.333. The summed E-state index contributed by atoms with van der Waals surface area (Å²) in [7, 11) is 1.68. The highest BCUT2D eigenvalue weighted by atomic mass is 16.5. The van der Waals surface area contributed by atoms with E-state index in [9.17, 15) is 5.11 Å². The molecule has 0 unspecified atom stereocenters. The van der Waals surface area contributed by atoms with Crippen molar-refractivity contribution in [2.45, 2.75) is 25.6 Å². The van der Waals surface area contributed by atoms with E-state index in [0.29, 0.717) is 6.04 Å². The number of methoxy groups -OCH3 is 1. The zero-order valence-corrected chi connectivity index (χ0v) is 12.4. The molecule has 0 amide bonds. The number of hydrogen-bond acceptors (Lipinski definition) is 2. The average molecular weight is 284 g/mol. The lowest BCUT2D eigenvalue weighted by Gasteiger charge is -2.24. The van der Waals surface area contributed by atoms with Crippen LogP contribution < -0.4 is 9.64 Å². The number of fused-ring (bicyclic) bond motifs is 1. The van der Waals surface area contributed by atoms with E-state index in [1.165, 1.54) is 21.6 Å². The monoisotopic (exact) mass is 284 g/mol. The largest absolute Gasteiger partial charge is 0.497 e. The quantitative estimate of drug-likeness (QED) is 0.876. The first-order chi connectivity index (χ1) is 10.3. The van der Waals surface area contributed by atoms with Crippen LogP contribution in [0.25, 0.3) is 0 Å². The van der Waals surface area contributed by atoms with Gasteiger partial charge in [-0.25, -0.2) is 0 Å². The second-order valence-electron chi connectivity index (χ2n) is 5.62. The molecule has 0 aliphatic carbocycles. The molecule has 2 N–H and O–H groups in total. The molecule has 0 spiro atoms. The van der Waals surface area contributed by atoms with Crippen molar-refractivity contribution in [3.63, 3.8) is 0 Å². The van der Waals surface area contributed by atoms with Crippen LogP contribution in [-0.2, 0) is 13.1 Å². The van der Waals surface area contributed by atoms with Gasteiger partial charge in [-0.05, 0) is 24.3 Å². The first kappa shape index (κ1) is 14.1. The van der Waals surface area contributed by atoms with Crippen molar-refractivity contribution < 1.29 is 14.7 Å². The minimum Gasteiger partial charge on any atom is -0.497 e. The van der Waals surface area contributed by atoms with E-state index in [1.807, 2.05) is 12.1 Å². The van der Waals surface area contributed by atoms with Gasteiger partial charge in [0.25, 0.3) is 0 Å². The molecule has 1 aliphatic heterocycles. The molecule has 110 valence electrons. The van der Waals surface area contributed by atoms with Crippen LogP contribution in [-0.4, -0.2) is 18.8 Å². The minimum atomic E-state index is 0.219. The second kappa shape index (κ2) is 6.29. The lowest BCUT2D eigenvalue weighted by atomic mass is 10.0. The number of benzene rings is 2. The van der Waals surface area contributed by atoms with Crippen molar-refractivity contribution in [3.05, 3.63) is 65.2 Å². The number of aliphatic hydroxyl groups excluding tert-OH is 1. The molecule has 3 rings (SSSR count). The van der Waals surface area contributed by atoms with Gasteiger partial charge in [-0.2, -0.15) is 0 Å².